The number of carbonyl (C=O) groups excluding carboxylic acids is 1. The molecule has 1 aliphatic heterocycles. The Hall–Kier alpha value is -0.610. The lowest BCUT2D eigenvalue weighted by Crippen LogP contribution is -2.49. The smallest absolute Gasteiger partial charge is 0.323 e. The second-order valence-electron chi connectivity index (χ2n) is 5.51. The Bertz CT molecular complexity index is 279. The van der Waals surface area contributed by atoms with Gasteiger partial charge in [0, 0.05) is 19.1 Å². The van der Waals surface area contributed by atoms with Gasteiger partial charge in [0.2, 0.25) is 0 Å². The van der Waals surface area contributed by atoms with Crippen LogP contribution in [0.5, 0.6) is 0 Å². The number of methoxy groups -OCH3 is 1. The summed E-state index contributed by atoms with van der Waals surface area (Å²) in [5.41, 5.74) is 0. The number of hydrogen-bond acceptors (Lipinski definition) is 4. The zero-order valence-corrected chi connectivity index (χ0v) is 11.2. The summed E-state index contributed by atoms with van der Waals surface area (Å²) in [5.74, 6) is 0.497. The molecule has 1 heterocycles. The standard InChI is InChI=1S/C13H24N2O2/c1-10-9-14(2)7-4-8-15(10)12(11-5-6-11)13(16)17-3/h10-12H,4-9H2,1-3H3. The SMILES string of the molecule is COC(=O)C(C1CC1)N1CCCN(C)CC1C. The van der Waals surface area contributed by atoms with Crippen LogP contribution >= 0.6 is 0 Å². The zero-order chi connectivity index (χ0) is 12.4. The molecule has 0 spiro atoms. The maximum atomic E-state index is 12.0. The van der Waals surface area contributed by atoms with Crippen LogP contribution in [0.4, 0.5) is 0 Å². The quantitative estimate of drug-likeness (QED) is 0.688. The van der Waals surface area contributed by atoms with Gasteiger partial charge in [-0.05, 0) is 45.7 Å². The van der Waals surface area contributed by atoms with Gasteiger partial charge in [-0.3, -0.25) is 9.69 Å². The summed E-state index contributed by atoms with van der Waals surface area (Å²) >= 11 is 0. The molecule has 4 heteroatoms. The molecule has 1 saturated carbocycles. The Morgan fingerprint density at radius 3 is 2.65 bits per heavy atom. The summed E-state index contributed by atoms with van der Waals surface area (Å²) in [6.45, 7) is 5.40. The summed E-state index contributed by atoms with van der Waals surface area (Å²) in [4.78, 5) is 16.7. The number of hydrogen-bond donors (Lipinski definition) is 0. The van der Waals surface area contributed by atoms with Crippen molar-refractivity contribution in [3.05, 3.63) is 0 Å². The van der Waals surface area contributed by atoms with Crippen LogP contribution in [0.3, 0.4) is 0 Å². The first kappa shape index (κ1) is 12.8. The molecule has 2 atom stereocenters. The monoisotopic (exact) mass is 240 g/mol. The fourth-order valence-electron chi connectivity index (χ4n) is 2.94. The highest BCUT2D eigenvalue weighted by molar-refractivity contribution is 5.76. The van der Waals surface area contributed by atoms with Crippen LogP contribution in [-0.2, 0) is 9.53 Å². The van der Waals surface area contributed by atoms with Crippen LogP contribution in [0.15, 0.2) is 0 Å². The van der Waals surface area contributed by atoms with Crippen molar-refractivity contribution in [3.8, 4) is 0 Å². The molecule has 2 rings (SSSR count). The van der Waals surface area contributed by atoms with E-state index < -0.39 is 0 Å². The number of esters is 1. The third kappa shape index (κ3) is 2.99. The first-order chi connectivity index (χ1) is 8.13. The molecule has 0 bridgehead atoms. The van der Waals surface area contributed by atoms with Crippen molar-refractivity contribution < 1.29 is 9.53 Å². The lowest BCUT2D eigenvalue weighted by Gasteiger charge is -2.34. The summed E-state index contributed by atoms with van der Waals surface area (Å²) in [5, 5.41) is 0. The largest absolute Gasteiger partial charge is 0.468 e. The molecule has 17 heavy (non-hydrogen) atoms. The van der Waals surface area contributed by atoms with Gasteiger partial charge in [-0.25, -0.2) is 0 Å². The van der Waals surface area contributed by atoms with Crippen LogP contribution in [0.1, 0.15) is 26.2 Å². The third-order valence-corrected chi connectivity index (χ3v) is 3.97. The van der Waals surface area contributed by atoms with Gasteiger partial charge in [0.15, 0.2) is 0 Å². The molecule has 1 saturated heterocycles. The molecule has 0 N–H and O–H groups in total. The Morgan fingerprint density at radius 1 is 1.35 bits per heavy atom. The summed E-state index contributed by atoms with van der Waals surface area (Å²) in [6.07, 6.45) is 3.50. The minimum Gasteiger partial charge on any atom is -0.468 e. The predicted molar refractivity (Wildman–Crippen MR) is 66.8 cm³/mol. The molecule has 1 aliphatic carbocycles. The first-order valence-electron chi connectivity index (χ1n) is 6.65. The summed E-state index contributed by atoms with van der Waals surface area (Å²) in [7, 11) is 3.66. The van der Waals surface area contributed by atoms with E-state index in [4.69, 9.17) is 4.74 Å². The minimum absolute atomic E-state index is 0.00139. The Balaban J connectivity index is 2.08. The van der Waals surface area contributed by atoms with Crippen molar-refractivity contribution in [1.82, 2.24) is 9.80 Å². The molecule has 0 aromatic rings. The first-order valence-corrected chi connectivity index (χ1v) is 6.65. The Morgan fingerprint density at radius 2 is 2.06 bits per heavy atom. The van der Waals surface area contributed by atoms with Crippen LogP contribution in [0.25, 0.3) is 0 Å². The highest BCUT2D eigenvalue weighted by atomic mass is 16.5. The number of ether oxygens (including phenoxy) is 1. The van der Waals surface area contributed by atoms with Crippen molar-refractivity contribution >= 4 is 5.97 Å². The minimum atomic E-state index is -0.0381. The highest BCUT2D eigenvalue weighted by Crippen LogP contribution is 2.37. The van der Waals surface area contributed by atoms with Gasteiger partial charge in [-0.1, -0.05) is 0 Å². The molecule has 0 aromatic carbocycles. The van der Waals surface area contributed by atoms with Gasteiger partial charge < -0.3 is 9.64 Å². The van der Waals surface area contributed by atoms with Crippen LogP contribution < -0.4 is 0 Å². The van der Waals surface area contributed by atoms with E-state index in [1.165, 1.54) is 20.0 Å². The average Bonchev–Trinajstić information content (AvgIpc) is 3.10. The number of nitrogens with zero attached hydrogens (tertiary/aromatic N) is 2. The second kappa shape index (κ2) is 5.36. The van der Waals surface area contributed by atoms with Gasteiger partial charge in [0.1, 0.15) is 6.04 Å². The lowest BCUT2D eigenvalue weighted by molar-refractivity contribution is -0.148. The molecule has 0 amide bonds. The molecule has 2 fully saturated rings. The maximum Gasteiger partial charge on any atom is 0.323 e. The van der Waals surface area contributed by atoms with Crippen molar-refractivity contribution in [2.75, 3.05) is 33.8 Å². The topological polar surface area (TPSA) is 32.8 Å². The molecular weight excluding hydrogens is 216 g/mol. The molecule has 98 valence electrons. The number of carbonyl (C=O) groups is 1. The number of likely N-dealkylation sites (N-methyl/N-ethyl adjacent to an activating group) is 1. The predicted octanol–water partition coefficient (Wildman–Crippen LogP) is 0.964. The maximum absolute atomic E-state index is 12.0. The van der Waals surface area contributed by atoms with Crippen LogP contribution in [0.2, 0.25) is 0 Å². The molecule has 0 aromatic heterocycles. The van der Waals surface area contributed by atoms with E-state index in [-0.39, 0.29) is 12.0 Å². The van der Waals surface area contributed by atoms with Crippen LogP contribution in [-0.4, -0.2) is 61.6 Å². The van der Waals surface area contributed by atoms with E-state index in [1.54, 1.807) is 0 Å². The molecule has 2 unspecified atom stereocenters. The van der Waals surface area contributed by atoms with E-state index in [1.807, 2.05) is 0 Å². The Kier molecular flexibility index (Phi) is 4.05. The van der Waals surface area contributed by atoms with Gasteiger partial charge in [0.25, 0.3) is 0 Å². The van der Waals surface area contributed by atoms with E-state index in [2.05, 4.69) is 23.8 Å². The fourth-order valence-corrected chi connectivity index (χ4v) is 2.94. The van der Waals surface area contributed by atoms with Gasteiger partial charge in [-0.15, -0.1) is 0 Å². The highest BCUT2D eigenvalue weighted by Gasteiger charge is 2.42. The second-order valence-corrected chi connectivity index (χ2v) is 5.51. The number of rotatable bonds is 3. The van der Waals surface area contributed by atoms with Crippen molar-refractivity contribution in [2.24, 2.45) is 5.92 Å². The molecular formula is C13H24N2O2. The van der Waals surface area contributed by atoms with E-state index in [0.29, 0.717) is 12.0 Å². The Labute approximate surface area is 104 Å². The summed E-state index contributed by atoms with van der Waals surface area (Å²) < 4.78 is 4.99. The fraction of sp³-hybridized carbons (Fsp3) is 0.923. The van der Waals surface area contributed by atoms with Crippen LogP contribution in [0, 0.1) is 5.92 Å². The van der Waals surface area contributed by atoms with Crippen molar-refractivity contribution in [3.63, 3.8) is 0 Å². The van der Waals surface area contributed by atoms with E-state index in [9.17, 15) is 4.79 Å². The lowest BCUT2D eigenvalue weighted by atomic mass is 10.1. The average molecular weight is 240 g/mol. The molecule has 2 aliphatic rings. The van der Waals surface area contributed by atoms with E-state index in [0.717, 1.165) is 26.1 Å². The van der Waals surface area contributed by atoms with Gasteiger partial charge in [0.05, 0.1) is 7.11 Å². The van der Waals surface area contributed by atoms with Gasteiger partial charge >= 0.3 is 5.97 Å². The molecule has 4 nitrogen and oxygen atoms in total. The van der Waals surface area contributed by atoms with E-state index >= 15 is 0 Å². The summed E-state index contributed by atoms with van der Waals surface area (Å²) in [6, 6.07) is 0.439. The van der Waals surface area contributed by atoms with Crippen molar-refractivity contribution in [2.45, 2.75) is 38.3 Å². The van der Waals surface area contributed by atoms with Gasteiger partial charge in [-0.2, -0.15) is 0 Å². The van der Waals surface area contributed by atoms with Crippen molar-refractivity contribution in [1.29, 1.82) is 0 Å². The molecule has 0 radical (unpaired) electrons. The zero-order valence-electron chi connectivity index (χ0n) is 11.2. The third-order valence-electron chi connectivity index (χ3n) is 3.97. The normalized spacial score (nSPS) is 29.7.